The number of hydrogen-bond acceptors (Lipinski definition) is 5. The van der Waals surface area contributed by atoms with Gasteiger partial charge in [0.1, 0.15) is 13.3 Å². The van der Waals surface area contributed by atoms with Crippen molar-refractivity contribution in [3.8, 4) is 22.3 Å². The van der Waals surface area contributed by atoms with Gasteiger partial charge >= 0.3 is 0 Å². The first-order chi connectivity index (χ1) is 30.5. The molecule has 10 rings (SSSR count). The highest BCUT2D eigenvalue weighted by atomic mass is 32.2. The zero-order valence-corrected chi connectivity index (χ0v) is 37.9. The Labute approximate surface area is 378 Å². The minimum absolute atomic E-state index is 0.0211. The number of benzene rings is 8. The molecule has 0 saturated carbocycles. The second kappa shape index (κ2) is 16.2. The Kier molecular flexibility index (Phi) is 10.4. The molecule has 0 N–H and O–H groups in total. The Morgan fingerprint density at radius 3 is 1.08 bits per heavy atom. The molecule has 0 unspecified atom stereocenters. The first-order valence-corrected chi connectivity index (χ1v) is 22.9. The number of para-hydroxylation sites is 4. The molecule has 0 spiro atoms. The lowest BCUT2D eigenvalue weighted by Crippen LogP contribution is -2.25. The van der Waals surface area contributed by atoms with Crippen LogP contribution in [0, 0.1) is 0 Å². The third-order valence-corrected chi connectivity index (χ3v) is 13.4. The summed E-state index contributed by atoms with van der Waals surface area (Å²) in [6.07, 6.45) is 0. The van der Waals surface area contributed by atoms with Crippen LogP contribution in [0.25, 0.3) is 22.3 Å². The summed E-state index contributed by atoms with van der Waals surface area (Å²) in [5.74, 6) is 0. The zero-order valence-electron chi connectivity index (χ0n) is 37.1. The minimum Gasteiger partial charge on any atom is -0.321 e. The molecule has 4 nitrogen and oxygen atoms in total. The smallest absolute Gasteiger partial charge is 0.100 e. The molecule has 0 amide bonds. The summed E-state index contributed by atoms with van der Waals surface area (Å²) in [5.41, 5.74) is 17.3. The maximum absolute atomic E-state index is 2.50. The fourth-order valence-electron chi connectivity index (χ4n) is 9.01. The minimum atomic E-state index is 0.0211. The van der Waals surface area contributed by atoms with E-state index in [1.165, 1.54) is 88.7 Å². The van der Waals surface area contributed by atoms with E-state index >= 15 is 0 Å². The summed E-state index contributed by atoms with van der Waals surface area (Å²) in [6.45, 7) is 15.2. The summed E-state index contributed by atoms with van der Waals surface area (Å²) < 4.78 is 0. The van der Waals surface area contributed by atoms with Gasteiger partial charge in [0.05, 0.1) is 34.1 Å². The van der Waals surface area contributed by atoms with E-state index in [1.54, 1.807) is 0 Å². The predicted molar refractivity (Wildman–Crippen MR) is 269 cm³/mol. The van der Waals surface area contributed by atoms with Crippen LogP contribution in [0.3, 0.4) is 0 Å². The second-order valence-electron chi connectivity index (χ2n) is 18.8. The van der Waals surface area contributed by atoms with Gasteiger partial charge in [0.25, 0.3) is 0 Å². The first kappa shape index (κ1) is 40.4. The van der Waals surface area contributed by atoms with Gasteiger partial charge in [0, 0.05) is 32.3 Å². The van der Waals surface area contributed by atoms with E-state index in [2.05, 4.69) is 255 Å². The molecular formula is C58H54N4S. The predicted octanol–water partition coefficient (Wildman–Crippen LogP) is 16.3. The molecule has 2 heterocycles. The van der Waals surface area contributed by atoms with Crippen LogP contribution in [0.1, 0.15) is 52.7 Å². The molecule has 0 aromatic heterocycles. The lowest BCUT2D eigenvalue weighted by molar-refractivity contribution is 0.590. The Bertz CT molecular complexity index is 2730. The van der Waals surface area contributed by atoms with Crippen LogP contribution in [-0.2, 0) is 10.8 Å². The van der Waals surface area contributed by atoms with Gasteiger partial charge < -0.3 is 19.6 Å². The molecule has 5 heteroatoms. The highest BCUT2D eigenvalue weighted by Crippen LogP contribution is 2.50. The van der Waals surface area contributed by atoms with Crippen LogP contribution in [0.5, 0.6) is 0 Å². The third-order valence-electron chi connectivity index (χ3n) is 12.5. The van der Waals surface area contributed by atoms with E-state index in [0.29, 0.717) is 13.3 Å². The van der Waals surface area contributed by atoms with Crippen molar-refractivity contribution < 1.29 is 0 Å². The molecule has 0 fully saturated rings. The molecule has 0 radical (unpaired) electrons. The van der Waals surface area contributed by atoms with Crippen molar-refractivity contribution in [2.45, 2.75) is 62.2 Å². The van der Waals surface area contributed by atoms with E-state index in [0.717, 1.165) is 0 Å². The van der Waals surface area contributed by atoms with Crippen LogP contribution in [0.15, 0.2) is 204 Å². The van der Waals surface area contributed by atoms with Gasteiger partial charge in [0.15, 0.2) is 0 Å². The molecule has 0 aliphatic carbocycles. The summed E-state index contributed by atoms with van der Waals surface area (Å²) in [6, 6.07) is 71.4. The standard InChI is InChI=1S/C58H54N4S/c1-57(2,3)43-31-33-49(41-19-9-7-10-20-41)55(35-43)61-39-59(51-27-13-15-29-53(51)61)45-23-17-25-47(37-45)63-48-26-18-24-46(38-48)60-40-62(54-30-16-14-28-52(54)60)56-36-44(58(4,5)6)32-34-50(56)42-21-11-8-12-22-42/h7-38H,39-40H2,1-6H3. The molecule has 0 atom stereocenters. The largest absolute Gasteiger partial charge is 0.321 e. The summed E-state index contributed by atoms with van der Waals surface area (Å²) in [5, 5.41) is 0. The summed E-state index contributed by atoms with van der Waals surface area (Å²) in [4.78, 5) is 12.3. The van der Waals surface area contributed by atoms with Gasteiger partial charge in [-0.1, -0.05) is 175 Å². The van der Waals surface area contributed by atoms with Gasteiger partial charge in [-0.05, 0) is 106 Å². The lowest BCUT2D eigenvalue weighted by atomic mass is 9.85. The maximum atomic E-state index is 2.50. The molecule has 63 heavy (non-hydrogen) atoms. The van der Waals surface area contributed by atoms with Crippen molar-refractivity contribution in [1.82, 2.24) is 0 Å². The maximum Gasteiger partial charge on any atom is 0.100 e. The molecule has 0 bridgehead atoms. The Morgan fingerprint density at radius 1 is 0.333 bits per heavy atom. The number of fused-ring (bicyclic) bond motifs is 2. The van der Waals surface area contributed by atoms with Crippen LogP contribution in [0.4, 0.5) is 45.5 Å². The molecule has 2 aliphatic heterocycles. The monoisotopic (exact) mass is 838 g/mol. The van der Waals surface area contributed by atoms with Crippen molar-refractivity contribution in [3.05, 3.63) is 205 Å². The fraction of sp³-hybridized carbons (Fsp3) is 0.172. The van der Waals surface area contributed by atoms with E-state index in [9.17, 15) is 0 Å². The van der Waals surface area contributed by atoms with Gasteiger partial charge in [-0.3, -0.25) is 0 Å². The highest BCUT2D eigenvalue weighted by Gasteiger charge is 2.32. The fourth-order valence-corrected chi connectivity index (χ4v) is 9.94. The quantitative estimate of drug-likeness (QED) is 0.151. The van der Waals surface area contributed by atoms with Crippen molar-refractivity contribution in [2.75, 3.05) is 32.9 Å². The normalized spacial score (nSPS) is 13.7. The zero-order chi connectivity index (χ0) is 43.3. The highest BCUT2D eigenvalue weighted by molar-refractivity contribution is 7.99. The molecule has 8 aromatic rings. The molecule has 8 aromatic carbocycles. The Morgan fingerprint density at radius 2 is 0.698 bits per heavy atom. The summed E-state index contributed by atoms with van der Waals surface area (Å²) in [7, 11) is 0. The Balaban J connectivity index is 0.954. The van der Waals surface area contributed by atoms with Gasteiger partial charge in [-0.25, -0.2) is 0 Å². The van der Waals surface area contributed by atoms with Crippen molar-refractivity contribution in [1.29, 1.82) is 0 Å². The van der Waals surface area contributed by atoms with Crippen molar-refractivity contribution >= 4 is 57.3 Å². The van der Waals surface area contributed by atoms with Crippen LogP contribution >= 0.6 is 11.8 Å². The second-order valence-corrected chi connectivity index (χ2v) is 19.9. The number of nitrogens with zero attached hydrogens (tertiary/aromatic N) is 4. The lowest BCUT2D eigenvalue weighted by Gasteiger charge is -2.28. The number of rotatable bonds is 8. The molecular weight excluding hydrogens is 785 g/mol. The number of anilines is 8. The molecule has 2 aliphatic rings. The van der Waals surface area contributed by atoms with E-state index in [1.807, 2.05) is 11.8 Å². The van der Waals surface area contributed by atoms with E-state index < -0.39 is 0 Å². The van der Waals surface area contributed by atoms with E-state index in [-0.39, 0.29) is 10.8 Å². The van der Waals surface area contributed by atoms with Crippen LogP contribution in [-0.4, -0.2) is 13.3 Å². The average Bonchev–Trinajstić information content (AvgIpc) is 3.89. The third kappa shape index (κ3) is 7.87. The van der Waals surface area contributed by atoms with Gasteiger partial charge in [-0.15, -0.1) is 0 Å². The first-order valence-electron chi connectivity index (χ1n) is 22.1. The molecule has 312 valence electrons. The average molecular weight is 839 g/mol. The van der Waals surface area contributed by atoms with Crippen LogP contribution < -0.4 is 19.6 Å². The Hall–Kier alpha value is -6.69. The van der Waals surface area contributed by atoms with Crippen molar-refractivity contribution in [2.24, 2.45) is 0 Å². The van der Waals surface area contributed by atoms with Crippen molar-refractivity contribution in [3.63, 3.8) is 0 Å². The molecule has 0 saturated heterocycles. The van der Waals surface area contributed by atoms with Gasteiger partial charge in [-0.2, -0.15) is 0 Å². The van der Waals surface area contributed by atoms with E-state index in [4.69, 9.17) is 0 Å². The summed E-state index contributed by atoms with van der Waals surface area (Å²) >= 11 is 1.82. The SMILES string of the molecule is CC(C)(C)c1ccc(-c2ccccc2)c(N2CN(c3cccc(Sc4cccc(N5CN(c6cc(C(C)(C)C)ccc6-c6ccccc6)c6ccccc65)c4)c3)c3ccccc32)c1. The topological polar surface area (TPSA) is 13.0 Å². The van der Waals surface area contributed by atoms with Gasteiger partial charge in [0.2, 0.25) is 0 Å². The number of hydrogen-bond donors (Lipinski definition) is 0. The van der Waals surface area contributed by atoms with Crippen LogP contribution in [0.2, 0.25) is 0 Å².